The van der Waals surface area contributed by atoms with Crippen LogP contribution in [0.15, 0.2) is 24.5 Å². The molecule has 0 saturated carbocycles. The number of aromatic nitrogens is 1. The van der Waals surface area contributed by atoms with E-state index in [4.69, 9.17) is 5.73 Å². The molecule has 3 atom stereocenters. The summed E-state index contributed by atoms with van der Waals surface area (Å²) in [6.07, 6.45) is 1.29. The van der Waals surface area contributed by atoms with Crippen LogP contribution in [-0.4, -0.2) is 46.2 Å². The molecule has 2 heterocycles. The Balaban J connectivity index is 0.00000180. The van der Waals surface area contributed by atoms with E-state index in [0.717, 1.165) is 0 Å². The first kappa shape index (κ1) is 15.9. The third-order valence-corrected chi connectivity index (χ3v) is 3.12. The number of nitrogens with zero attached hydrogens (tertiary/aromatic N) is 2. The van der Waals surface area contributed by atoms with Gasteiger partial charge < -0.3 is 15.7 Å². The van der Waals surface area contributed by atoms with E-state index >= 15 is 0 Å². The molecule has 1 aliphatic rings. The monoisotopic (exact) mass is 287 g/mol. The SMILES string of the molecule is NC(C(=O)N1CC[C@H](F)C1)C(O)c1ccncc1.S. The number of pyridine rings is 1. The largest absolute Gasteiger partial charge is 0.386 e. The van der Waals surface area contributed by atoms with E-state index < -0.39 is 24.2 Å². The molecule has 1 aliphatic heterocycles. The standard InChI is InChI=1S/C12H16FN3O2.H2S/c13-9-3-6-16(7-9)12(18)10(14)11(17)8-1-4-15-5-2-8;/h1-2,4-5,9-11,17H,3,6-7,14H2;1H2/t9-,10?,11?;/m0./s1. The molecule has 1 fully saturated rings. The topological polar surface area (TPSA) is 79.5 Å². The average Bonchev–Trinajstić information content (AvgIpc) is 2.84. The predicted octanol–water partition coefficient (Wildman–Crippen LogP) is 0.125. The summed E-state index contributed by atoms with van der Waals surface area (Å²) in [5.74, 6) is -0.417. The Morgan fingerprint density at radius 1 is 1.53 bits per heavy atom. The Bertz CT molecular complexity index is 421. The summed E-state index contributed by atoms with van der Waals surface area (Å²) < 4.78 is 13.0. The fourth-order valence-corrected chi connectivity index (χ4v) is 2.03. The predicted molar refractivity (Wildman–Crippen MR) is 73.6 cm³/mol. The molecule has 5 nitrogen and oxygen atoms in total. The highest BCUT2D eigenvalue weighted by Gasteiger charge is 2.32. The number of alkyl halides is 1. The van der Waals surface area contributed by atoms with Crippen LogP contribution in [0.4, 0.5) is 4.39 Å². The van der Waals surface area contributed by atoms with Crippen molar-refractivity contribution in [1.29, 1.82) is 0 Å². The molecule has 0 aliphatic carbocycles. The van der Waals surface area contributed by atoms with Gasteiger partial charge in [-0.25, -0.2) is 4.39 Å². The van der Waals surface area contributed by atoms with Gasteiger partial charge in [0.05, 0.1) is 6.54 Å². The van der Waals surface area contributed by atoms with Gasteiger partial charge >= 0.3 is 0 Å². The quantitative estimate of drug-likeness (QED) is 0.828. The fraction of sp³-hybridized carbons (Fsp3) is 0.500. The first-order valence-corrected chi connectivity index (χ1v) is 5.86. The Labute approximate surface area is 118 Å². The number of halogens is 1. The second-order valence-electron chi connectivity index (χ2n) is 4.42. The van der Waals surface area contributed by atoms with E-state index in [1.807, 2.05) is 0 Å². The number of hydrogen-bond donors (Lipinski definition) is 2. The highest BCUT2D eigenvalue weighted by atomic mass is 32.1. The van der Waals surface area contributed by atoms with Gasteiger partial charge in [-0.15, -0.1) is 0 Å². The summed E-state index contributed by atoms with van der Waals surface area (Å²) in [5.41, 5.74) is 6.26. The van der Waals surface area contributed by atoms with Crippen LogP contribution in [0, 0.1) is 0 Å². The minimum atomic E-state index is -1.10. The minimum Gasteiger partial charge on any atom is -0.386 e. The van der Waals surface area contributed by atoms with Crippen LogP contribution in [0.5, 0.6) is 0 Å². The van der Waals surface area contributed by atoms with E-state index in [9.17, 15) is 14.3 Å². The number of carbonyl (C=O) groups is 1. The van der Waals surface area contributed by atoms with E-state index in [2.05, 4.69) is 4.98 Å². The summed E-state index contributed by atoms with van der Waals surface area (Å²) in [7, 11) is 0. The van der Waals surface area contributed by atoms with Gasteiger partial charge in [0, 0.05) is 18.9 Å². The van der Waals surface area contributed by atoms with Crippen LogP contribution in [0.2, 0.25) is 0 Å². The lowest BCUT2D eigenvalue weighted by molar-refractivity contribution is -0.134. The van der Waals surface area contributed by atoms with Gasteiger partial charge in [-0.3, -0.25) is 9.78 Å². The molecule has 7 heteroatoms. The molecule has 1 aromatic rings. The summed E-state index contributed by atoms with van der Waals surface area (Å²) in [6, 6.07) is 2.12. The second kappa shape index (κ2) is 6.83. The third kappa shape index (κ3) is 3.65. The molecule has 2 unspecified atom stereocenters. The van der Waals surface area contributed by atoms with Crippen LogP contribution in [0.3, 0.4) is 0 Å². The number of amides is 1. The lowest BCUT2D eigenvalue weighted by Gasteiger charge is -2.23. The van der Waals surface area contributed by atoms with E-state index in [0.29, 0.717) is 18.5 Å². The maximum Gasteiger partial charge on any atom is 0.242 e. The molecule has 19 heavy (non-hydrogen) atoms. The van der Waals surface area contributed by atoms with E-state index in [1.165, 1.54) is 17.3 Å². The van der Waals surface area contributed by atoms with Gasteiger partial charge in [0.1, 0.15) is 18.3 Å². The van der Waals surface area contributed by atoms with Gasteiger partial charge in [-0.2, -0.15) is 13.5 Å². The molecule has 0 radical (unpaired) electrons. The van der Waals surface area contributed by atoms with Crippen molar-refractivity contribution in [2.75, 3.05) is 13.1 Å². The van der Waals surface area contributed by atoms with Crippen molar-refractivity contribution in [3.05, 3.63) is 30.1 Å². The molecule has 106 valence electrons. The van der Waals surface area contributed by atoms with Crippen molar-refractivity contribution >= 4 is 19.4 Å². The van der Waals surface area contributed by atoms with Crippen LogP contribution in [-0.2, 0) is 4.79 Å². The average molecular weight is 287 g/mol. The molecule has 1 aromatic heterocycles. The first-order valence-electron chi connectivity index (χ1n) is 5.86. The number of hydrogen-bond acceptors (Lipinski definition) is 4. The van der Waals surface area contributed by atoms with Crippen molar-refractivity contribution in [3.8, 4) is 0 Å². The van der Waals surface area contributed by atoms with E-state index in [-0.39, 0.29) is 20.0 Å². The van der Waals surface area contributed by atoms with Crippen molar-refractivity contribution in [2.24, 2.45) is 5.73 Å². The zero-order valence-corrected chi connectivity index (χ0v) is 11.4. The van der Waals surface area contributed by atoms with Crippen LogP contribution in [0.1, 0.15) is 18.1 Å². The van der Waals surface area contributed by atoms with E-state index in [1.54, 1.807) is 12.1 Å². The lowest BCUT2D eigenvalue weighted by Crippen LogP contribution is -2.46. The molecule has 0 aromatic carbocycles. The van der Waals surface area contributed by atoms with Gasteiger partial charge in [-0.1, -0.05) is 0 Å². The zero-order valence-electron chi connectivity index (χ0n) is 10.4. The van der Waals surface area contributed by atoms with Gasteiger partial charge in [0.25, 0.3) is 0 Å². The maximum atomic E-state index is 13.0. The number of carbonyl (C=O) groups excluding carboxylic acids is 1. The summed E-state index contributed by atoms with van der Waals surface area (Å²) >= 11 is 0. The zero-order chi connectivity index (χ0) is 13.1. The van der Waals surface area contributed by atoms with Gasteiger partial charge in [0.15, 0.2) is 0 Å². The summed E-state index contributed by atoms with van der Waals surface area (Å²) in [6.45, 7) is 0.423. The van der Waals surface area contributed by atoms with Crippen molar-refractivity contribution in [2.45, 2.75) is 24.7 Å². The Morgan fingerprint density at radius 2 is 2.16 bits per heavy atom. The number of aliphatic hydroxyl groups excluding tert-OH is 1. The van der Waals surface area contributed by atoms with Gasteiger partial charge in [0.2, 0.25) is 5.91 Å². The maximum absolute atomic E-state index is 13.0. The van der Waals surface area contributed by atoms with Crippen LogP contribution >= 0.6 is 13.5 Å². The molecule has 1 amide bonds. The fourth-order valence-electron chi connectivity index (χ4n) is 2.03. The number of rotatable bonds is 3. The highest BCUT2D eigenvalue weighted by molar-refractivity contribution is 7.59. The van der Waals surface area contributed by atoms with Crippen LogP contribution in [0.25, 0.3) is 0 Å². The molecule has 1 saturated heterocycles. The minimum absolute atomic E-state index is 0. The second-order valence-corrected chi connectivity index (χ2v) is 4.42. The van der Waals surface area contributed by atoms with Gasteiger partial charge in [-0.05, 0) is 24.1 Å². The Morgan fingerprint density at radius 3 is 2.68 bits per heavy atom. The Hall–Kier alpha value is -1.18. The highest BCUT2D eigenvalue weighted by Crippen LogP contribution is 2.19. The summed E-state index contributed by atoms with van der Waals surface area (Å²) in [4.78, 5) is 17.1. The van der Waals surface area contributed by atoms with Crippen molar-refractivity contribution < 1.29 is 14.3 Å². The first-order chi connectivity index (χ1) is 8.59. The van der Waals surface area contributed by atoms with Crippen LogP contribution < -0.4 is 5.73 Å². The lowest BCUT2D eigenvalue weighted by atomic mass is 10.0. The normalized spacial score (nSPS) is 21.6. The molecule has 2 rings (SSSR count). The Kier molecular flexibility index (Phi) is 5.71. The van der Waals surface area contributed by atoms with Crippen molar-refractivity contribution in [1.82, 2.24) is 9.88 Å². The van der Waals surface area contributed by atoms with Crippen molar-refractivity contribution in [3.63, 3.8) is 0 Å². The summed E-state index contributed by atoms with van der Waals surface area (Å²) in [5, 5.41) is 9.99. The number of aliphatic hydroxyl groups is 1. The molecule has 0 bridgehead atoms. The molecule has 3 N–H and O–H groups in total. The molecular formula is C12H18FN3O2S. The molecular weight excluding hydrogens is 269 g/mol. The number of likely N-dealkylation sites (tertiary alicyclic amines) is 1. The smallest absolute Gasteiger partial charge is 0.242 e. The molecule has 0 spiro atoms. The third-order valence-electron chi connectivity index (χ3n) is 3.12. The number of nitrogens with two attached hydrogens (primary N) is 1.